The lowest BCUT2D eigenvalue weighted by atomic mass is 10.0. The maximum Gasteiger partial charge on any atom is 0.415 e. The second kappa shape index (κ2) is 13.4. The van der Waals surface area contributed by atoms with Crippen LogP contribution in [-0.4, -0.2) is 72.8 Å². The van der Waals surface area contributed by atoms with Crippen molar-refractivity contribution in [2.24, 2.45) is 5.92 Å². The van der Waals surface area contributed by atoms with Crippen LogP contribution in [-0.2, 0) is 26.0 Å². The highest BCUT2D eigenvalue weighted by Crippen LogP contribution is 2.30. The summed E-state index contributed by atoms with van der Waals surface area (Å²) in [5.41, 5.74) is 1.95. The quantitative estimate of drug-likeness (QED) is 0.292. The molecular weight excluding hydrogens is 558 g/mol. The molecule has 0 spiro atoms. The zero-order valence-electron chi connectivity index (χ0n) is 23.9. The third kappa shape index (κ3) is 7.47. The SMILES string of the molecule is Cc1ccc(S(=O)(=O)N(CC(C)C)C[C@@H](O)[C@H](Cc2ccccc2)NC(=O)[C@@H]2CN(c3ccccc3O)C(=O)O2)cc1. The molecule has 3 N–H and O–H groups in total. The average molecular weight is 596 g/mol. The molecule has 42 heavy (non-hydrogen) atoms. The van der Waals surface area contributed by atoms with Gasteiger partial charge in [0.2, 0.25) is 10.0 Å². The molecule has 1 aliphatic heterocycles. The third-order valence-electron chi connectivity index (χ3n) is 6.99. The summed E-state index contributed by atoms with van der Waals surface area (Å²) in [6, 6.07) is 21.0. The van der Waals surface area contributed by atoms with E-state index in [4.69, 9.17) is 4.74 Å². The largest absolute Gasteiger partial charge is 0.506 e. The Labute approximate surface area is 246 Å². The Morgan fingerprint density at radius 1 is 1.02 bits per heavy atom. The molecule has 1 heterocycles. The maximum absolute atomic E-state index is 13.6. The van der Waals surface area contributed by atoms with Crippen molar-refractivity contribution < 1.29 is 33.0 Å². The molecule has 3 atom stereocenters. The van der Waals surface area contributed by atoms with E-state index in [-0.39, 0.29) is 48.3 Å². The lowest BCUT2D eigenvalue weighted by molar-refractivity contribution is -0.129. The Bertz CT molecular complexity index is 1480. The second-order valence-corrected chi connectivity index (χ2v) is 12.8. The Morgan fingerprint density at radius 3 is 2.31 bits per heavy atom. The van der Waals surface area contributed by atoms with E-state index < -0.39 is 40.3 Å². The first kappa shape index (κ1) is 31.0. The number of benzene rings is 3. The fraction of sp³-hybridized carbons (Fsp3) is 0.355. The minimum Gasteiger partial charge on any atom is -0.506 e. The predicted octanol–water partition coefficient (Wildman–Crippen LogP) is 3.46. The number of cyclic esters (lactones) is 1. The van der Waals surface area contributed by atoms with Gasteiger partial charge < -0.3 is 20.3 Å². The van der Waals surface area contributed by atoms with Gasteiger partial charge in [-0.05, 0) is 49.1 Å². The summed E-state index contributed by atoms with van der Waals surface area (Å²) in [5, 5.41) is 24.4. The van der Waals surface area contributed by atoms with Crippen LogP contribution in [0.25, 0.3) is 0 Å². The minimum atomic E-state index is -3.95. The smallest absolute Gasteiger partial charge is 0.415 e. The number of anilines is 1. The van der Waals surface area contributed by atoms with Gasteiger partial charge in [0.1, 0.15) is 5.75 Å². The first-order valence-electron chi connectivity index (χ1n) is 13.8. The highest BCUT2D eigenvalue weighted by Gasteiger charge is 2.40. The number of aryl methyl sites for hydroxylation is 1. The van der Waals surface area contributed by atoms with Crippen molar-refractivity contribution in [1.29, 1.82) is 0 Å². The summed E-state index contributed by atoms with van der Waals surface area (Å²) in [6.07, 6.45) is -3.08. The first-order valence-corrected chi connectivity index (χ1v) is 15.2. The Morgan fingerprint density at radius 2 is 1.67 bits per heavy atom. The average Bonchev–Trinajstić information content (AvgIpc) is 3.34. The molecule has 224 valence electrons. The maximum atomic E-state index is 13.6. The van der Waals surface area contributed by atoms with Crippen molar-refractivity contribution in [3.05, 3.63) is 90.0 Å². The van der Waals surface area contributed by atoms with Gasteiger partial charge in [0.05, 0.1) is 29.3 Å². The highest BCUT2D eigenvalue weighted by atomic mass is 32.2. The molecule has 3 aromatic carbocycles. The molecule has 4 rings (SSSR count). The molecule has 2 amide bonds. The van der Waals surface area contributed by atoms with Crippen LogP contribution in [0, 0.1) is 12.8 Å². The molecule has 1 fully saturated rings. The lowest BCUT2D eigenvalue weighted by Crippen LogP contribution is -2.53. The van der Waals surface area contributed by atoms with Gasteiger partial charge in [0.15, 0.2) is 6.10 Å². The standard InChI is InChI=1S/C31H37N3O7S/c1-21(2)18-33(42(39,40)24-15-13-22(3)14-16-24)19-28(36)25(17-23-9-5-4-6-10-23)32-30(37)29-20-34(31(38)41-29)26-11-7-8-12-27(26)35/h4-16,21,25,28-29,35-36H,17-20H2,1-3H3,(H,32,37)/t25-,28+,29-/m0/s1. The summed E-state index contributed by atoms with van der Waals surface area (Å²) in [6.45, 7) is 5.40. The molecule has 1 aliphatic rings. The zero-order valence-corrected chi connectivity index (χ0v) is 24.7. The molecule has 1 saturated heterocycles. The van der Waals surface area contributed by atoms with E-state index in [0.29, 0.717) is 0 Å². The van der Waals surface area contributed by atoms with Crippen LogP contribution in [0.4, 0.5) is 10.5 Å². The van der Waals surface area contributed by atoms with E-state index in [1.165, 1.54) is 21.3 Å². The third-order valence-corrected chi connectivity index (χ3v) is 8.83. The van der Waals surface area contributed by atoms with Crippen LogP contribution in [0.5, 0.6) is 5.75 Å². The number of hydrogen-bond acceptors (Lipinski definition) is 7. The Hall–Kier alpha value is -3.93. The molecule has 0 aromatic heterocycles. The van der Waals surface area contributed by atoms with E-state index >= 15 is 0 Å². The van der Waals surface area contributed by atoms with E-state index in [9.17, 15) is 28.2 Å². The number of phenols is 1. The van der Waals surface area contributed by atoms with Crippen LogP contribution < -0.4 is 10.2 Å². The van der Waals surface area contributed by atoms with Crippen molar-refractivity contribution in [2.45, 2.75) is 50.3 Å². The predicted molar refractivity (Wildman–Crippen MR) is 159 cm³/mol. The first-order chi connectivity index (χ1) is 20.0. The minimum absolute atomic E-state index is 0.0297. The van der Waals surface area contributed by atoms with Gasteiger partial charge in [0.25, 0.3) is 5.91 Å². The molecule has 11 heteroatoms. The molecule has 10 nitrogen and oxygen atoms in total. The van der Waals surface area contributed by atoms with Crippen LogP contribution >= 0.6 is 0 Å². The number of para-hydroxylation sites is 2. The molecule has 3 aromatic rings. The van der Waals surface area contributed by atoms with Crippen LogP contribution in [0.3, 0.4) is 0 Å². The molecule has 0 saturated carbocycles. The van der Waals surface area contributed by atoms with Crippen molar-refractivity contribution in [2.75, 3.05) is 24.5 Å². The number of aliphatic hydroxyl groups is 1. The van der Waals surface area contributed by atoms with Crippen molar-refractivity contribution >= 4 is 27.7 Å². The number of nitrogens with zero attached hydrogens (tertiary/aromatic N) is 2. The van der Waals surface area contributed by atoms with Crippen LogP contribution in [0.2, 0.25) is 0 Å². The van der Waals surface area contributed by atoms with Gasteiger partial charge in [-0.3, -0.25) is 9.69 Å². The van der Waals surface area contributed by atoms with Crippen molar-refractivity contribution in [3.63, 3.8) is 0 Å². The van der Waals surface area contributed by atoms with Crippen molar-refractivity contribution in [1.82, 2.24) is 9.62 Å². The zero-order chi connectivity index (χ0) is 30.4. The number of amides is 2. The van der Waals surface area contributed by atoms with Gasteiger partial charge in [-0.15, -0.1) is 0 Å². The fourth-order valence-electron chi connectivity index (χ4n) is 4.79. The number of phenolic OH excluding ortho intramolecular Hbond substituents is 1. The summed E-state index contributed by atoms with van der Waals surface area (Å²) in [7, 11) is -3.95. The topological polar surface area (TPSA) is 136 Å². The second-order valence-electron chi connectivity index (χ2n) is 10.9. The normalized spacial score (nSPS) is 16.9. The van der Waals surface area contributed by atoms with Gasteiger partial charge in [-0.25, -0.2) is 13.2 Å². The van der Waals surface area contributed by atoms with Crippen molar-refractivity contribution in [3.8, 4) is 5.75 Å². The summed E-state index contributed by atoms with van der Waals surface area (Å²) in [4.78, 5) is 27.2. The molecule has 0 unspecified atom stereocenters. The number of aliphatic hydroxyl groups excluding tert-OH is 1. The number of carbonyl (C=O) groups is 2. The van der Waals surface area contributed by atoms with E-state index in [0.717, 1.165) is 11.1 Å². The number of sulfonamides is 1. The molecule has 0 bridgehead atoms. The van der Waals surface area contributed by atoms with E-state index in [1.807, 2.05) is 51.1 Å². The fourth-order valence-corrected chi connectivity index (χ4v) is 6.41. The van der Waals surface area contributed by atoms with Gasteiger partial charge >= 0.3 is 6.09 Å². The molecular formula is C31H37N3O7S. The summed E-state index contributed by atoms with van der Waals surface area (Å²) >= 11 is 0. The number of nitrogens with one attached hydrogen (secondary N) is 1. The van der Waals surface area contributed by atoms with Gasteiger partial charge in [-0.1, -0.05) is 74.0 Å². The molecule has 0 radical (unpaired) electrons. The highest BCUT2D eigenvalue weighted by molar-refractivity contribution is 7.89. The summed E-state index contributed by atoms with van der Waals surface area (Å²) in [5.74, 6) is -0.802. The van der Waals surface area contributed by atoms with Gasteiger partial charge in [0, 0.05) is 13.1 Å². The number of hydrogen-bond donors (Lipinski definition) is 3. The van der Waals surface area contributed by atoms with Crippen LogP contribution in [0.1, 0.15) is 25.0 Å². The Kier molecular flexibility index (Phi) is 9.87. The number of rotatable bonds is 12. The number of aromatic hydroxyl groups is 1. The monoisotopic (exact) mass is 595 g/mol. The van der Waals surface area contributed by atoms with Crippen LogP contribution in [0.15, 0.2) is 83.8 Å². The summed E-state index contributed by atoms with van der Waals surface area (Å²) < 4.78 is 33.8. The van der Waals surface area contributed by atoms with E-state index in [2.05, 4.69) is 5.32 Å². The molecule has 0 aliphatic carbocycles. The van der Waals surface area contributed by atoms with E-state index in [1.54, 1.807) is 36.4 Å². The number of ether oxygens (including phenoxy) is 1. The van der Waals surface area contributed by atoms with Gasteiger partial charge in [-0.2, -0.15) is 4.31 Å². The Balaban J connectivity index is 1.55. The number of carbonyl (C=O) groups excluding carboxylic acids is 2. The lowest BCUT2D eigenvalue weighted by Gasteiger charge is -2.31.